The monoisotopic (exact) mass is 375 g/mol. The third kappa shape index (κ3) is 3.98. The highest BCUT2D eigenvalue weighted by Crippen LogP contribution is 2.29. The van der Waals surface area contributed by atoms with Crippen molar-refractivity contribution in [2.24, 2.45) is 7.05 Å². The van der Waals surface area contributed by atoms with Crippen molar-refractivity contribution in [1.82, 2.24) is 14.9 Å². The van der Waals surface area contributed by atoms with Gasteiger partial charge in [-0.25, -0.2) is 4.98 Å². The van der Waals surface area contributed by atoms with Gasteiger partial charge in [0.25, 0.3) is 0 Å². The molecular formula is C19H19Cl2N3O. The molecule has 3 rings (SSSR count). The van der Waals surface area contributed by atoms with Gasteiger partial charge in [-0.05, 0) is 29.8 Å². The molecule has 0 aliphatic carbocycles. The van der Waals surface area contributed by atoms with E-state index in [0.717, 1.165) is 22.7 Å². The van der Waals surface area contributed by atoms with Gasteiger partial charge >= 0.3 is 0 Å². The van der Waals surface area contributed by atoms with Crippen molar-refractivity contribution in [3.63, 3.8) is 0 Å². The van der Waals surface area contributed by atoms with Gasteiger partial charge in [0.1, 0.15) is 11.6 Å². The van der Waals surface area contributed by atoms with E-state index in [0.29, 0.717) is 16.6 Å². The summed E-state index contributed by atoms with van der Waals surface area (Å²) in [4.78, 5) is 4.49. The zero-order chi connectivity index (χ0) is 17.8. The van der Waals surface area contributed by atoms with Crippen LogP contribution >= 0.6 is 23.2 Å². The second kappa shape index (κ2) is 7.91. The highest BCUT2D eigenvalue weighted by Gasteiger charge is 2.20. The Morgan fingerprint density at radius 3 is 2.68 bits per heavy atom. The van der Waals surface area contributed by atoms with Crippen molar-refractivity contribution >= 4 is 23.2 Å². The Labute approximate surface area is 157 Å². The van der Waals surface area contributed by atoms with E-state index in [-0.39, 0.29) is 6.04 Å². The molecule has 2 aromatic carbocycles. The Bertz CT molecular complexity index is 863. The van der Waals surface area contributed by atoms with Crippen LogP contribution in [-0.2, 0) is 13.6 Å². The van der Waals surface area contributed by atoms with Gasteiger partial charge in [-0.15, -0.1) is 0 Å². The zero-order valence-corrected chi connectivity index (χ0v) is 15.6. The molecular weight excluding hydrogens is 357 g/mol. The average Bonchev–Trinajstić information content (AvgIpc) is 3.03. The molecule has 0 aliphatic rings. The summed E-state index contributed by atoms with van der Waals surface area (Å²) in [5.41, 5.74) is 1.95. The lowest BCUT2D eigenvalue weighted by Gasteiger charge is -2.21. The Kier molecular flexibility index (Phi) is 5.63. The highest BCUT2D eigenvalue weighted by atomic mass is 35.5. The number of ether oxygens (including phenoxy) is 1. The number of imidazole rings is 1. The summed E-state index contributed by atoms with van der Waals surface area (Å²) >= 11 is 12.6. The van der Waals surface area contributed by atoms with Crippen LogP contribution in [0.25, 0.3) is 0 Å². The van der Waals surface area contributed by atoms with Crippen LogP contribution in [0.5, 0.6) is 5.75 Å². The van der Waals surface area contributed by atoms with Crippen molar-refractivity contribution < 1.29 is 4.74 Å². The molecule has 1 heterocycles. The number of hydrogen-bond donors (Lipinski definition) is 1. The lowest BCUT2D eigenvalue weighted by molar-refractivity contribution is 0.406. The van der Waals surface area contributed by atoms with Gasteiger partial charge in [-0.1, -0.05) is 41.4 Å². The molecule has 0 amide bonds. The first-order valence-corrected chi connectivity index (χ1v) is 8.63. The first kappa shape index (κ1) is 17.8. The van der Waals surface area contributed by atoms with Gasteiger partial charge in [0.2, 0.25) is 0 Å². The molecule has 0 saturated heterocycles. The molecule has 0 saturated carbocycles. The number of aromatic nitrogens is 2. The fourth-order valence-electron chi connectivity index (χ4n) is 2.80. The quantitative estimate of drug-likeness (QED) is 0.683. The summed E-state index contributed by atoms with van der Waals surface area (Å²) in [5.74, 6) is 1.67. The third-order valence-electron chi connectivity index (χ3n) is 4.07. The van der Waals surface area contributed by atoms with Gasteiger partial charge < -0.3 is 9.30 Å². The second-order valence-electron chi connectivity index (χ2n) is 5.69. The lowest BCUT2D eigenvalue weighted by Crippen LogP contribution is -2.25. The predicted octanol–water partition coefficient (Wildman–Crippen LogP) is 4.61. The van der Waals surface area contributed by atoms with Crippen molar-refractivity contribution in [2.45, 2.75) is 12.6 Å². The van der Waals surface area contributed by atoms with Gasteiger partial charge in [-0.3, -0.25) is 5.32 Å². The molecule has 3 aromatic rings. The topological polar surface area (TPSA) is 39.1 Å². The minimum absolute atomic E-state index is 0.155. The fraction of sp³-hybridized carbons (Fsp3) is 0.211. The fourth-order valence-corrected chi connectivity index (χ4v) is 3.24. The van der Waals surface area contributed by atoms with Crippen LogP contribution in [0.15, 0.2) is 54.9 Å². The molecule has 130 valence electrons. The third-order valence-corrected chi connectivity index (χ3v) is 4.65. The zero-order valence-electron chi connectivity index (χ0n) is 14.0. The van der Waals surface area contributed by atoms with Crippen LogP contribution in [0.4, 0.5) is 0 Å². The van der Waals surface area contributed by atoms with E-state index >= 15 is 0 Å². The summed E-state index contributed by atoms with van der Waals surface area (Å²) in [6, 6.07) is 13.2. The normalized spacial score (nSPS) is 12.2. The largest absolute Gasteiger partial charge is 0.496 e. The van der Waals surface area contributed by atoms with Crippen LogP contribution in [0.2, 0.25) is 10.0 Å². The van der Waals surface area contributed by atoms with Crippen molar-refractivity contribution in [2.75, 3.05) is 7.11 Å². The SMILES string of the molecule is COc1ccc(Cl)cc1CNC(c1ccccc1Cl)c1nccn1C. The minimum Gasteiger partial charge on any atom is -0.496 e. The Morgan fingerprint density at radius 2 is 2.00 bits per heavy atom. The van der Waals surface area contributed by atoms with Crippen LogP contribution in [-0.4, -0.2) is 16.7 Å². The minimum atomic E-state index is -0.155. The first-order valence-electron chi connectivity index (χ1n) is 7.87. The number of rotatable bonds is 6. The summed E-state index contributed by atoms with van der Waals surface area (Å²) in [5, 5.41) is 4.90. The molecule has 1 atom stereocenters. The van der Waals surface area contributed by atoms with Crippen LogP contribution < -0.4 is 10.1 Å². The maximum absolute atomic E-state index is 6.43. The molecule has 0 fully saturated rings. The smallest absolute Gasteiger partial charge is 0.130 e. The molecule has 0 radical (unpaired) electrons. The maximum Gasteiger partial charge on any atom is 0.130 e. The van der Waals surface area contributed by atoms with E-state index in [1.54, 1.807) is 13.3 Å². The molecule has 1 unspecified atom stereocenters. The predicted molar refractivity (Wildman–Crippen MR) is 101 cm³/mol. The molecule has 6 heteroatoms. The molecule has 25 heavy (non-hydrogen) atoms. The molecule has 0 spiro atoms. The molecule has 0 bridgehead atoms. The Morgan fingerprint density at radius 1 is 1.20 bits per heavy atom. The van der Waals surface area contributed by atoms with Crippen molar-refractivity contribution in [3.8, 4) is 5.75 Å². The summed E-state index contributed by atoms with van der Waals surface area (Å²) < 4.78 is 7.41. The number of nitrogens with zero attached hydrogens (tertiary/aromatic N) is 2. The van der Waals surface area contributed by atoms with E-state index in [4.69, 9.17) is 27.9 Å². The molecule has 4 nitrogen and oxygen atoms in total. The van der Waals surface area contributed by atoms with Crippen LogP contribution in [0.1, 0.15) is 23.0 Å². The molecule has 1 N–H and O–H groups in total. The van der Waals surface area contributed by atoms with E-state index in [9.17, 15) is 0 Å². The molecule has 0 aliphatic heterocycles. The number of methoxy groups -OCH3 is 1. The Balaban J connectivity index is 1.93. The van der Waals surface area contributed by atoms with Crippen LogP contribution in [0.3, 0.4) is 0 Å². The first-order chi connectivity index (χ1) is 12.1. The summed E-state index contributed by atoms with van der Waals surface area (Å²) in [7, 11) is 3.62. The van der Waals surface area contributed by atoms with Gasteiger partial charge in [-0.2, -0.15) is 0 Å². The van der Waals surface area contributed by atoms with E-state index in [1.807, 2.05) is 60.3 Å². The number of benzene rings is 2. The van der Waals surface area contributed by atoms with Gasteiger partial charge in [0.15, 0.2) is 0 Å². The van der Waals surface area contributed by atoms with Gasteiger partial charge in [0, 0.05) is 41.6 Å². The highest BCUT2D eigenvalue weighted by molar-refractivity contribution is 6.31. The Hall–Kier alpha value is -2.01. The van der Waals surface area contributed by atoms with E-state index < -0.39 is 0 Å². The number of halogens is 2. The number of hydrogen-bond acceptors (Lipinski definition) is 3. The number of nitrogens with one attached hydrogen (secondary N) is 1. The maximum atomic E-state index is 6.43. The average molecular weight is 376 g/mol. The standard InChI is InChI=1S/C19H19Cl2N3O/c1-24-10-9-22-19(24)18(15-5-3-4-6-16(15)21)23-12-13-11-14(20)7-8-17(13)25-2/h3-11,18,23H,12H2,1-2H3. The summed E-state index contributed by atoms with van der Waals surface area (Å²) in [6.07, 6.45) is 3.70. The van der Waals surface area contributed by atoms with E-state index in [2.05, 4.69) is 10.3 Å². The molecule has 1 aromatic heterocycles. The van der Waals surface area contributed by atoms with Crippen LogP contribution in [0, 0.1) is 0 Å². The van der Waals surface area contributed by atoms with E-state index in [1.165, 1.54) is 0 Å². The van der Waals surface area contributed by atoms with Crippen molar-refractivity contribution in [1.29, 1.82) is 0 Å². The summed E-state index contributed by atoms with van der Waals surface area (Å²) in [6.45, 7) is 0.562. The van der Waals surface area contributed by atoms with Gasteiger partial charge in [0.05, 0.1) is 13.2 Å². The number of aryl methyl sites for hydroxylation is 1. The second-order valence-corrected chi connectivity index (χ2v) is 6.53. The lowest BCUT2D eigenvalue weighted by atomic mass is 10.1. The van der Waals surface area contributed by atoms with Crippen molar-refractivity contribution in [3.05, 3.63) is 81.9 Å².